The van der Waals surface area contributed by atoms with Gasteiger partial charge in [0.15, 0.2) is 0 Å². The van der Waals surface area contributed by atoms with Gasteiger partial charge in [-0.3, -0.25) is 9.59 Å². The molecule has 2 N–H and O–H groups in total. The number of aliphatic carboxylic acids is 1. The Morgan fingerprint density at radius 1 is 1.17 bits per heavy atom. The van der Waals surface area contributed by atoms with Crippen molar-refractivity contribution < 1.29 is 24.2 Å². The van der Waals surface area contributed by atoms with Crippen molar-refractivity contribution in [3.05, 3.63) is 41.5 Å². The molecule has 0 saturated heterocycles. The van der Waals surface area contributed by atoms with Crippen molar-refractivity contribution in [1.29, 1.82) is 0 Å². The quantitative estimate of drug-likeness (QED) is 0.657. The molecular weight excluding hydrogens is 298 g/mol. The van der Waals surface area contributed by atoms with Crippen molar-refractivity contribution >= 4 is 23.5 Å². The van der Waals surface area contributed by atoms with Crippen LogP contribution >= 0.6 is 0 Å². The lowest BCUT2D eigenvalue weighted by Crippen LogP contribution is -2.34. The lowest BCUT2D eigenvalue weighted by molar-refractivity contribution is -0.146. The van der Waals surface area contributed by atoms with E-state index >= 15 is 0 Å². The fraction of sp³-hybridized carbons (Fsp3) is 0.353. The van der Waals surface area contributed by atoms with Gasteiger partial charge in [-0.15, -0.1) is 0 Å². The first-order valence-electron chi connectivity index (χ1n) is 7.31. The number of carboxylic acids is 1. The minimum absolute atomic E-state index is 0.326. The van der Waals surface area contributed by atoms with E-state index in [4.69, 9.17) is 0 Å². The van der Waals surface area contributed by atoms with Gasteiger partial charge < -0.3 is 15.2 Å². The highest BCUT2D eigenvalue weighted by molar-refractivity contribution is 5.98. The fourth-order valence-corrected chi connectivity index (χ4v) is 2.60. The fourth-order valence-electron chi connectivity index (χ4n) is 2.60. The molecule has 0 aromatic heterocycles. The summed E-state index contributed by atoms with van der Waals surface area (Å²) in [6, 6.07) is 4.85. The number of anilines is 1. The minimum Gasteiger partial charge on any atom is -0.481 e. The second-order valence-corrected chi connectivity index (χ2v) is 5.50. The van der Waals surface area contributed by atoms with Crippen LogP contribution in [0.3, 0.4) is 0 Å². The van der Waals surface area contributed by atoms with Crippen molar-refractivity contribution in [3.8, 4) is 0 Å². The predicted molar refractivity (Wildman–Crippen MR) is 84.1 cm³/mol. The van der Waals surface area contributed by atoms with Gasteiger partial charge in [-0.05, 0) is 37.5 Å². The third-order valence-electron chi connectivity index (χ3n) is 4.00. The number of carbonyl (C=O) groups is 3. The Hall–Kier alpha value is -2.63. The molecule has 0 unspecified atom stereocenters. The van der Waals surface area contributed by atoms with Crippen LogP contribution in [0.5, 0.6) is 0 Å². The Morgan fingerprint density at radius 2 is 1.83 bits per heavy atom. The number of benzene rings is 1. The molecule has 0 spiro atoms. The Morgan fingerprint density at radius 3 is 2.43 bits per heavy atom. The van der Waals surface area contributed by atoms with E-state index in [2.05, 4.69) is 10.1 Å². The number of rotatable bonds is 4. The van der Waals surface area contributed by atoms with Crippen LogP contribution in [0.1, 0.15) is 28.8 Å². The van der Waals surface area contributed by atoms with Gasteiger partial charge in [0, 0.05) is 5.69 Å². The summed E-state index contributed by atoms with van der Waals surface area (Å²) < 4.78 is 4.66. The summed E-state index contributed by atoms with van der Waals surface area (Å²) >= 11 is 0. The first-order valence-corrected chi connectivity index (χ1v) is 7.31. The van der Waals surface area contributed by atoms with Crippen molar-refractivity contribution in [3.63, 3.8) is 0 Å². The monoisotopic (exact) mass is 317 g/mol. The number of nitrogens with one attached hydrogen (secondary N) is 1. The predicted octanol–water partition coefficient (Wildman–Crippen LogP) is 2.39. The van der Waals surface area contributed by atoms with Gasteiger partial charge in [0.25, 0.3) is 0 Å². The summed E-state index contributed by atoms with van der Waals surface area (Å²) in [4.78, 5) is 35.3. The smallest absolute Gasteiger partial charge is 0.337 e. The van der Waals surface area contributed by atoms with Crippen LogP contribution in [-0.4, -0.2) is 30.1 Å². The SMILES string of the molecule is COC(=O)c1ccc(C)c(NC(=O)[C@H]2CC=CC[C@@H]2C(=O)O)c1. The van der Waals surface area contributed by atoms with Crippen LogP contribution < -0.4 is 5.32 Å². The zero-order valence-corrected chi connectivity index (χ0v) is 13.0. The summed E-state index contributed by atoms with van der Waals surface area (Å²) in [5.41, 5.74) is 1.59. The third kappa shape index (κ3) is 3.77. The van der Waals surface area contributed by atoms with Crippen molar-refractivity contribution in [2.45, 2.75) is 19.8 Å². The maximum Gasteiger partial charge on any atom is 0.337 e. The largest absolute Gasteiger partial charge is 0.481 e. The average molecular weight is 317 g/mol. The van der Waals surface area contributed by atoms with Gasteiger partial charge in [-0.2, -0.15) is 0 Å². The Balaban J connectivity index is 2.21. The first-order chi connectivity index (χ1) is 10.9. The Bertz CT molecular complexity index is 665. The molecule has 2 rings (SSSR count). The maximum atomic E-state index is 12.5. The van der Waals surface area contributed by atoms with Crippen LogP contribution in [0.4, 0.5) is 5.69 Å². The molecule has 0 saturated carbocycles. The molecule has 6 nitrogen and oxygen atoms in total. The van der Waals surface area contributed by atoms with E-state index in [0.29, 0.717) is 24.1 Å². The number of allylic oxidation sites excluding steroid dienone is 2. The van der Waals surface area contributed by atoms with Gasteiger partial charge in [0.1, 0.15) is 0 Å². The van der Waals surface area contributed by atoms with Gasteiger partial charge >= 0.3 is 11.9 Å². The summed E-state index contributed by atoms with van der Waals surface area (Å²) in [6.45, 7) is 1.80. The van der Waals surface area contributed by atoms with E-state index in [-0.39, 0.29) is 5.91 Å². The van der Waals surface area contributed by atoms with Crippen LogP contribution in [-0.2, 0) is 14.3 Å². The first kappa shape index (κ1) is 16.7. The molecule has 0 radical (unpaired) electrons. The lowest BCUT2D eigenvalue weighted by Gasteiger charge is -2.24. The molecule has 1 amide bonds. The van der Waals surface area contributed by atoms with E-state index < -0.39 is 23.8 Å². The Kier molecular flexibility index (Phi) is 5.16. The molecule has 6 heteroatoms. The van der Waals surface area contributed by atoms with Crippen molar-refractivity contribution in [1.82, 2.24) is 0 Å². The third-order valence-corrected chi connectivity index (χ3v) is 4.00. The van der Waals surface area contributed by atoms with Crippen molar-refractivity contribution in [2.24, 2.45) is 11.8 Å². The zero-order valence-electron chi connectivity index (χ0n) is 13.0. The van der Waals surface area contributed by atoms with E-state index in [1.807, 2.05) is 6.08 Å². The molecule has 1 aliphatic carbocycles. The average Bonchev–Trinajstić information content (AvgIpc) is 2.56. The second kappa shape index (κ2) is 7.09. The number of aryl methyl sites for hydroxylation is 1. The second-order valence-electron chi connectivity index (χ2n) is 5.50. The van der Waals surface area contributed by atoms with Crippen LogP contribution in [0.2, 0.25) is 0 Å². The molecule has 0 bridgehead atoms. The Labute approximate surface area is 134 Å². The molecule has 1 aromatic carbocycles. The normalized spacial score (nSPS) is 19.9. The van der Waals surface area contributed by atoms with Gasteiger partial charge in [-0.25, -0.2) is 4.79 Å². The van der Waals surface area contributed by atoms with Crippen LogP contribution in [0.15, 0.2) is 30.4 Å². The molecule has 1 aliphatic rings. The number of hydrogen-bond donors (Lipinski definition) is 2. The van der Waals surface area contributed by atoms with Gasteiger partial charge in [-0.1, -0.05) is 18.2 Å². The van der Waals surface area contributed by atoms with Crippen LogP contribution in [0.25, 0.3) is 0 Å². The molecule has 2 atom stereocenters. The highest BCUT2D eigenvalue weighted by Crippen LogP contribution is 2.28. The molecule has 23 heavy (non-hydrogen) atoms. The maximum absolute atomic E-state index is 12.5. The summed E-state index contributed by atoms with van der Waals surface area (Å²) in [5, 5.41) is 12.0. The van der Waals surface area contributed by atoms with Gasteiger partial charge in [0.2, 0.25) is 5.91 Å². The minimum atomic E-state index is -0.977. The standard InChI is InChI=1S/C17H19NO5/c1-10-7-8-11(17(22)23-2)9-14(10)18-15(19)12-5-3-4-6-13(12)16(20)21/h3-4,7-9,12-13H,5-6H2,1-2H3,(H,18,19)(H,20,21)/t12-,13-/m0/s1. The lowest BCUT2D eigenvalue weighted by atomic mass is 9.82. The van der Waals surface area contributed by atoms with E-state index in [1.165, 1.54) is 13.2 Å². The number of amides is 1. The van der Waals surface area contributed by atoms with E-state index in [1.54, 1.807) is 25.1 Å². The topological polar surface area (TPSA) is 92.7 Å². The summed E-state index contributed by atoms with van der Waals surface area (Å²) in [6.07, 6.45) is 4.33. The van der Waals surface area contributed by atoms with E-state index in [0.717, 1.165) is 5.56 Å². The number of hydrogen-bond acceptors (Lipinski definition) is 4. The van der Waals surface area contributed by atoms with E-state index in [9.17, 15) is 19.5 Å². The van der Waals surface area contributed by atoms with Crippen molar-refractivity contribution in [2.75, 3.05) is 12.4 Å². The molecule has 122 valence electrons. The number of carboxylic acid groups (broad SMARTS) is 1. The molecular formula is C17H19NO5. The molecule has 0 aliphatic heterocycles. The highest BCUT2D eigenvalue weighted by Gasteiger charge is 2.34. The summed E-state index contributed by atoms with van der Waals surface area (Å²) in [7, 11) is 1.28. The highest BCUT2D eigenvalue weighted by atomic mass is 16.5. The van der Waals surface area contributed by atoms with Crippen LogP contribution in [0, 0.1) is 18.8 Å². The molecule has 0 fully saturated rings. The summed E-state index contributed by atoms with van der Waals surface area (Å²) in [5.74, 6) is -3.19. The van der Waals surface area contributed by atoms with Gasteiger partial charge in [0.05, 0.1) is 24.5 Å². The number of esters is 1. The number of carbonyl (C=O) groups excluding carboxylic acids is 2. The number of methoxy groups -OCH3 is 1. The zero-order chi connectivity index (χ0) is 17.0. The molecule has 0 heterocycles. The molecule has 1 aromatic rings. The number of ether oxygens (including phenoxy) is 1.